The van der Waals surface area contributed by atoms with E-state index in [-0.39, 0.29) is 41.9 Å². The average Bonchev–Trinajstić information content (AvgIpc) is 3.17. The average molecular weight is 454 g/mol. The maximum Gasteiger partial charge on any atom is 0.270 e. The zero-order valence-electron chi connectivity index (χ0n) is 17.6. The number of carbonyl (C=O) groups excluding carboxylic acids is 4. The Bertz CT molecular complexity index is 1300. The maximum absolute atomic E-state index is 14.2. The molecule has 1 aliphatic heterocycles. The van der Waals surface area contributed by atoms with Crippen molar-refractivity contribution in [2.45, 2.75) is 26.4 Å². The second-order valence-electron chi connectivity index (χ2n) is 7.41. The van der Waals surface area contributed by atoms with Crippen LogP contribution in [0.5, 0.6) is 5.75 Å². The minimum Gasteiger partial charge on any atom is -0.482 e. The molecule has 0 saturated carbocycles. The molecule has 0 aliphatic carbocycles. The van der Waals surface area contributed by atoms with Crippen LogP contribution < -0.4 is 20.7 Å². The molecule has 3 amide bonds. The van der Waals surface area contributed by atoms with Crippen molar-refractivity contribution in [1.82, 2.24) is 25.2 Å². The van der Waals surface area contributed by atoms with Crippen molar-refractivity contribution >= 4 is 34.8 Å². The van der Waals surface area contributed by atoms with Crippen LogP contribution in [-0.4, -0.2) is 50.8 Å². The highest BCUT2D eigenvalue weighted by molar-refractivity contribution is 6.00. The third kappa shape index (κ3) is 4.49. The molecular formula is C21H19FN6O5. The number of hydrogen-bond donors (Lipinski definition) is 3. The number of carbonyl (C=O) groups is 4. The van der Waals surface area contributed by atoms with Crippen LogP contribution in [0.2, 0.25) is 0 Å². The molecule has 1 atom stereocenters. The van der Waals surface area contributed by atoms with Gasteiger partial charge in [0.25, 0.3) is 17.7 Å². The van der Waals surface area contributed by atoms with Crippen molar-refractivity contribution in [2.24, 2.45) is 0 Å². The Morgan fingerprint density at radius 1 is 1.27 bits per heavy atom. The van der Waals surface area contributed by atoms with E-state index in [2.05, 4.69) is 26.0 Å². The molecule has 0 fully saturated rings. The normalized spacial score (nSPS) is 13.5. The molecule has 0 spiro atoms. The van der Waals surface area contributed by atoms with Gasteiger partial charge in [-0.25, -0.2) is 13.9 Å². The maximum atomic E-state index is 14.2. The lowest BCUT2D eigenvalue weighted by atomic mass is 10.1. The number of rotatable bonds is 6. The Morgan fingerprint density at radius 2 is 2.06 bits per heavy atom. The number of halogens is 1. The first-order chi connectivity index (χ1) is 15.7. The predicted octanol–water partition coefficient (Wildman–Crippen LogP) is 0.837. The van der Waals surface area contributed by atoms with E-state index in [9.17, 15) is 23.6 Å². The number of fused-ring (bicyclic) bond motifs is 2. The minimum absolute atomic E-state index is 0.0660. The van der Waals surface area contributed by atoms with Crippen molar-refractivity contribution in [3.63, 3.8) is 0 Å². The van der Waals surface area contributed by atoms with Crippen molar-refractivity contribution in [3.05, 3.63) is 53.2 Å². The van der Waals surface area contributed by atoms with E-state index in [0.717, 1.165) is 16.8 Å². The van der Waals surface area contributed by atoms with Crippen LogP contribution in [-0.2, 0) is 16.1 Å². The van der Waals surface area contributed by atoms with Crippen molar-refractivity contribution < 1.29 is 28.3 Å². The van der Waals surface area contributed by atoms with Gasteiger partial charge in [-0.2, -0.15) is 5.10 Å². The molecule has 2 aromatic heterocycles. The van der Waals surface area contributed by atoms with E-state index in [1.807, 2.05) is 0 Å². The van der Waals surface area contributed by atoms with Crippen molar-refractivity contribution in [1.29, 1.82) is 0 Å². The number of ether oxygens (including phenoxy) is 1. The number of amides is 3. The van der Waals surface area contributed by atoms with Crippen LogP contribution in [0.4, 0.5) is 10.1 Å². The largest absolute Gasteiger partial charge is 0.482 e. The van der Waals surface area contributed by atoms with Gasteiger partial charge in [-0.3, -0.25) is 19.2 Å². The highest BCUT2D eigenvalue weighted by Crippen LogP contribution is 2.28. The molecular weight excluding hydrogens is 435 g/mol. The van der Waals surface area contributed by atoms with Crippen LogP contribution in [0.1, 0.15) is 40.4 Å². The van der Waals surface area contributed by atoms with Gasteiger partial charge in [-0.15, -0.1) is 0 Å². The summed E-state index contributed by atoms with van der Waals surface area (Å²) in [7, 11) is 0. The number of Topliss-reactive ketones (excluding diaryl/α,β-unsaturated/α-hetero) is 1. The number of nitrogens with one attached hydrogen (secondary N) is 3. The summed E-state index contributed by atoms with van der Waals surface area (Å²) in [6, 6.07) is 5.42. The first kappa shape index (κ1) is 21.9. The summed E-state index contributed by atoms with van der Waals surface area (Å²) in [5.41, 5.74) is 0.472. The molecule has 3 aromatic rings. The summed E-state index contributed by atoms with van der Waals surface area (Å²) in [5.74, 6) is -2.23. The van der Waals surface area contributed by atoms with Crippen LogP contribution in [0.25, 0.3) is 5.65 Å². The van der Waals surface area contributed by atoms with Gasteiger partial charge in [0, 0.05) is 12.6 Å². The Kier molecular flexibility index (Phi) is 5.73. The number of anilines is 1. The molecule has 0 radical (unpaired) electrons. The third-order valence-corrected chi connectivity index (χ3v) is 4.98. The fourth-order valence-electron chi connectivity index (χ4n) is 3.10. The third-order valence-electron chi connectivity index (χ3n) is 4.98. The zero-order valence-corrected chi connectivity index (χ0v) is 17.6. The molecule has 170 valence electrons. The fraction of sp³-hybridized carbons (Fsp3) is 0.238. The Hall–Kier alpha value is -4.35. The topological polar surface area (TPSA) is 144 Å². The Balaban J connectivity index is 1.56. The van der Waals surface area contributed by atoms with Crippen LogP contribution in [0.3, 0.4) is 0 Å². The smallest absolute Gasteiger partial charge is 0.270 e. The van der Waals surface area contributed by atoms with E-state index in [4.69, 9.17) is 4.74 Å². The predicted molar refractivity (Wildman–Crippen MR) is 112 cm³/mol. The van der Waals surface area contributed by atoms with E-state index in [0.29, 0.717) is 17.0 Å². The molecule has 0 bridgehead atoms. The van der Waals surface area contributed by atoms with Crippen molar-refractivity contribution in [3.8, 4) is 5.75 Å². The summed E-state index contributed by atoms with van der Waals surface area (Å²) >= 11 is 0. The lowest BCUT2D eigenvalue weighted by molar-refractivity contribution is -0.119. The molecule has 1 aliphatic rings. The number of nitrogens with zero attached hydrogens (tertiary/aromatic N) is 3. The van der Waals surface area contributed by atoms with E-state index in [1.54, 1.807) is 18.2 Å². The van der Waals surface area contributed by atoms with Crippen molar-refractivity contribution in [2.75, 3.05) is 11.9 Å². The highest BCUT2D eigenvalue weighted by atomic mass is 19.1. The molecule has 0 unspecified atom stereocenters. The van der Waals surface area contributed by atoms with Gasteiger partial charge in [0.1, 0.15) is 17.1 Å². The monoisotopic (exact) mass is 454 g/mol. The summed E-state index contributed by atoms with van der Waals surface area (Å²) in [6.07, 6.45) is 0.874. The molecule has 11 nitrogen and oxygen atoms in total. The second kappa shape index (κ2) is 8.65. The summed E-state index contributed by atoms with van der Waals surface area (Å²) in [4.78, 5) is 52.3. The summed E-state index contributed by atoms with van der Waals surface area (Å²) < 4.78 is 20.4. The standard InChI is InChI=1S/C21H19FN6O5/c1-10(11(2)29)25-21(32)16-6-15(27-19-13(22)8-24-28(16)19)20(31)23-7-12-3-4-17-14(5-12)26-18(30)9-33-17/h3-6,8,10H,7,9H2,1-2H3,(H,23,31)(H,25,32)(H,26,30)/t10-/m0/s1. The molecule has 1 aromatic carbocycles. The van der Waals surface area contributed by atoms with Gasteiger partial charge in [-0.05, 0) is 31.5 Å². The quantitative estimate of drug-likeness (QED) is 0.501. The van der Waals surface area contributed by atoms with Gasteiger partial charge >= 0.3 is 0 Å². The van der Waals surface area contributed by atoms with Gasteiger partial charge in [0.2, 0.25) is 0 Å². The van der Waals surface area contributed by atoms with E-state index in [1.165, 1.54) is 13.8 Å². The molecule has 3 N–H and O–H groups in total. The van der Waals surface area contributed by atoms with Crippen LogP contribution in [0.15, 0.2) is 30.5 Å². The zero-order chi connectivity index (χ0) is 23.7. The lowest BCUT2D eigenvalue weighted by Gasteiger charge is -2.18. The first-order valence-electron chi connectivity index (χ1n) is 9.92. The lowest BCUT2D eigenvalue weighted by Crippen LogP contribution is -2.38. The Labute approximate surface area is 186 Å². The number of benzene rings is 1. The summed E-state index contributed by atoms with van der Waals surface area (Å²) in [6.45, 7) is 2.82. The minimum atomic E-state index is -0.816. The van der Waals surface area contributed by atoms with Gasteiger partial charge in [0.05, 0.1) is 17.9 Å². The second-order valence-corrected chi connectivity index (χ2v) is 7.41. The first-order valence-corrected chi connectivity index (χ1v) is 9.92. The number of aromatic nitrogens is 3. The number of ketones is 1. The molecule has 12 heteroatoms. The van der Waals surface area contributed by atoms with E-state index < -0.39 is 23.7 Å². The molecule has 3 heterocycles. The molecule has 33 heavy (non-hydrogen) atoms. The number of hydrogen-bond acceptors (Lipinski definition) is 7. The SMILES string of the molecule is CC(=O)[C@H](C)NC(=O)c1cc(C(=O)NCc2ccc3c(c2)NC(=O)CO3)nc2c(F)cnn12. The molecule has 4 rings (SSSR count). The van der Waals surface area contributed by atoms with Gasteiger partial charge < -0.3 is 20.7 Å². The molecule has 0 saturated heterocycles. The highest BCUT2D eigenvalue weighted by Gasteiger charge is 2.22. The summed E-state index contributed by atoms with van der Waals surface area (Å²) in [5, 5.41) is 11.6. The van der Waals surface area contributed by atoms with E-state index >= 15 is 0 Å². The fourth-order valence-corrected chi connectivity index (χ4v) is 3.10. The van der Waals surface area contributed by atoms with Crippen LogP contribution in [0, 0.1) is 5.82 Å². The Morgan fingerprint density at radius 3 is 2.82 bits per heavy atom. The van der Waals surface area contributed by atoms with Gasteiger partial charge in [-0.1, -0.05) is 6.07 Å². The van der Waals surface area contributed by atoms with Gasteiger partial charge in [0.15, 0.2) is 23.9 Å². The van der Waals surface area contributed by atoms with Crippen LogP contribution >= 0.6 is 0 Å².